The van der Waals surface area contributed by atoms with E-state index < -0.39 is 10.8 Å². The third-order valence-corrected chi connectivity index (χ3v) is 2.56. The van der Waals surface area contributed by atoms with Gasteiger partial charge in [-0.15, -0.1) is 0 Å². The SMILES string of the molecule is Cc1cc(NC(=O)c2cccc([N+](=O)[O-])c2)n(C)n1. The maximum absolute atomic E-state index is 12.0. The minimum Gasteiger partial charge on any atom is -0.307 e. The molecule has 2 aromatic rings. The van der Waals surface area contributed by atoms with Crippen LogP contribution in [-0.2, 0) is 7.05 Å². The number of aryl methyl sites for hydroxylation is 2. The number of rotatable bonds is 3. The fraction of sp³-hybridized carbons (Fsp3) is 0.167. The number of carbonyl (C=O) groups is 1. The largest absolute Gasteiger partial charge is 0.307 e. The summed E-state index contributed by atoms with van der Waals surface area (Å²) < 4.78 is 1.53. The van der Waals surface area contributed by atoms with Gasteiger partial charge in [0.1, 0.15) is 5.82 Å². The van der Waals surface area contributed by atoms with E-state index >= 15 is 0 Å². The highest BCUT2D eigenvalue weighted by Crippen LogP contribution is 2.15. The summed E-state index contributed by atoms with van der Waals surface area (Å²) in [6, 6.07) is 7.28. The van der Waals surface area contributed by atoms with Gasteiger partial charge in [0.15, 0.2) is 0 Å². The first-order valence-corrected chi connectivity index (χ1v) is 5.54. The molecule has 98 valence electrons. The number of nitro groups is 1. The molecule has 1 aromatic carbocycles. The molecule has 0 radical (unpaired) electrons. The Hall–Kier alpha value is -2.70. The summed E-state index contributed by atoms with van der Waals surface area (Å²) in [6.07, 6.45) is 0. The number of benzene rings is 1. The number of aromatic nitrogens is 2. The minimum absolute atomic E-state index is 0.117. The van der Waals surface area contributed by atoms with Crippen LogP contribution in [-0.4, -0.2) is 20.6 Å². The monoisotopic (exact) mass is 260 g/mol. The van der Waals surface area contributed by atoms with Crippen molar-refractivity contribution in [1.29, 1.82) is 0 Å². The van der Waals surface area contributed by atoms with Crippen LogP contribution in [0.25, 0.3) is 0 Å². The molecule has 0 saturated heterocycles. The summed E-state index contributed by atoms with van der Waals surface area (Å²) in [6.45, 7) is 1.81. The Morgan fingerprint density at radius 2 is 2.16 bits per heavy atom. The van der Waals surface area contributed by atoms with Crippen LogP contribution >= 0.6 is 0 Å². The van der Waals surface area contributed by atoms with Crippen molar-refractivity contribution < 1.29 is 9.72 Å². The van der Waals surface area contributed by atoms with E-state index in [0.29, 0.717) is 5.82 Å². The lowest BCUT2D eigenvalue weighted by atomic mass is 10.2. The molecule has 0 fully saturated rings. The molecule has 0 saturated carbocycles. The van der Waals surface area contributed by atoms with Crippen molar-refractivity contribution in [2.45, 2.75) is 6.92 Å². The zero-order chi connectivity index (χ0) is 14.0. The standard InChI is InChI=1S/C12H12N4O3/c1-8-6-11(15(2)14-8)13-12(17)9-4-3-5-10(7-9)16(18)19/h3-7H,1-2H3,(H,13,17). The lowest BCUT2D eigenvalue weighted by Crippen LogP contribution is -2.14. The fourth-order valence-corrected chi connectivity index (χ4v) is 1.68. The predicted octanol–water partition coefficient (Wildman–Crippen LogP) is 1.89. The molecule has 2 rings (SSSR count). The Morgan fingerprint density at radius 1 is 1.42 bits per heavy atom. The molecule has 1 N–H and O–H groups in total. The number of nitrogens with one attached hydrogen (secondary N) is 1. The molecular weight excluding hydrogens is 248 g/mol. The number of nitrogens with zero attached hydrogens (tertiary/aromatic N) is 3. The van der Waals surface area contributed by atoms with Gasteiger partial charge in [0, 0.05) is 30.8 Å². The van der Waals surface area contributed by atoms with Crippen LogP contribution in [0, 0.1) is 17.0 Å². The molecule has 0 aliphatic heterocycles. The summed E-state index contributed by atoms with van der Waals surface area (Å²) in [5.41, 5.74) is 0.888. The number of anilines is 1. The molecule has 0 aliphatic carbocycles. The van der Waals surface area contributed by atoms with Crippen molar-refractivity contribution in [2.75, 3.05) is 5.32 Å². The molecule has 19 heavy (non-hydrogen) atoms. The first-order chi connectivity index (χ1) is 8.97. The maximum atomic E-state index is 12.0. The summed E-state index contributed by atoms with van der Waals surface area (Å²) in [5.74, 6) is 0.126. The van der Waals surface area contributed by atoms with Crippen molar-refractivity contribution in [3.05, 3.63) is 51.7 Å². The van der Waals surface area contributed by atoms with Gasteiger partial charge >= 0.3 is 0 Å². The van der Waals surface area contributed by atoms with E-state index in [2.05, 4.69) is 10.4 Å². The highest BCUT2D eigenvalue weighted by atomic mass is 16.6. The van der Waals surface area contributed by atoms with E-state index in [9.17, 15) is 14.9 Å². The van der Waals surface area contributed by atoms with Crippen molar-refractivity contribution >= 4 is 17.4 Å². The van der Waals surface area contributed by atoms with Gasteiger partial charge in [-0.2, -0.15) is 5.10 Å². The second kappa shape index (κ2) is 4.89. The van der Waals surface area contributed by atoms with Gasteiger partial charge in [0.05, 0.1) is 10.6 Å². The Balaban J connectivity index is 2.23. The second-order valence-electron chi connectivity index (χ2n) is 4.06. The predicted molar refractivity (Wildman–Crippen MR) is 69.0 cm³/mol. The van der Waals surface area contributed by atoms with Crippen molar-refractivity contribution in [3.63, 3.8) is 0 Å². The summed E-state index contributed by atoms with van der Waals surface area (Å²) in [5, 5.41) is 17.4. The van der Waals surface area contributed by atoms with Gasteiger partial charge in [0.2, 0.25) is 0 Å². The van der Waals surface area contributed by atoms with Crippen LogP contribution in [0.1, 0.15) is 16.1 Å². The summed E-state index contributed by atoms with van der Waals surface area (Å²) >= 11 is 0. The number of nitro benzene ring substituents is 1. The molecule has 1 heterocycles. The topological polar surface area (TPSA) is 90.1 Å². The Labute approximate surface area is 109 Å². The smallest absolute Gasteiger partial charge is 0.270 e. The number of non-ortho nitro benzene ring substituents is 1. The van der Waals surface area contributed by atoms with Crippen LogP contribution < -0.4 is 5.32 Å². The van der Waals surface area contributed by atoms with E-state index in [1.54, 1.807) is 13.1 Å². The lowest BCUT2D eigenvalue weighted by Gasteiger charge is -2.04. The van der Waals surface area contributed by atoms with E-state index in [0.717, 1.165) is 5.69 Å². The summed E-state index contributed by atoms with van der Waals surface area (Å²) in [4.78, 5) is 22.1. The van der Waals surface area contributed by atoms with Crippen molar-refractivity contribution in [2.24, 2.45) is 7.05 Å². The van der Waals surface area contributed by atoms with Gasteiger partial charge in [-0.1, -0.05) is 6.07 Å². The number of hydrogen-bond acceptors (Lipinski definition) is 4. The van der Waals surface area contributed by atoms with Gasteiger partial charge in [-0.05, 0) is 13.0 Å². The first kappa shape index (κ1) is 12.7. The van der Waals surface area contributed by atoms with Crippen LogP contribution in [0.3, 0.4) is 0 Å². The van der Waals surface area contributed by atoms with Crippen LogP contribution in [0.2, 0.25) is 0 Å². The normalized spacial score (nSPS) is 10.2. The molecule has 7 heteroatoms. The third kappa shape index (κ3) is 2.76. The Kier molecular flexibility index (Phi) is 3.28. The fourth-order valence-electron chi connectivity index (χ4n) is 1.68. The zero-order valence-electron chi connectivity index (χ0n) is 10.5. The molecular formula is C12H12N4O3. The highest BCUT2D eigenvalue weighted by Gasteiger charge is 2.13. The maximum Gasteiger partial charge on any atom is 0.270 e. The van der Waals surface area contributed by atoms with Gasteiger partial charge in [0.25, 0.3) is 11.6 Å². The van der Waals surface area contributed by atoms with E-state index in [4.69, 9.17) is 0 Å². The molecule has 0 aliphatic rings. The van der Waals surface area contributed by atoms with Crippen LogP contribution in [0.5, 0.6) is 0 Å². The minimum atomic E-state index is -0.537. The average Bonchev–Trinajstić information content (AvgIpc) is 2.68. The Morgan fingerprint density at radius 3 is 2.74 bits per heavy atom. The molecule has 0 spiro atoms. The van der Waals surface area contributed by atoms with Crippen LogP contribution in [0.15, 0.2) is 30.3 Å². The molecule has 0 atom stereocenters. The number of amides is 1. The van der Waals surface area contributed by atoms with E-state index in [-0.39, 0.29) is 11.3 Å². The average molecular weight is 260 g/mol. The van der Waals surface area contributed by atoms with Crippen LogP contribution in [0.4, 0.5) is 11.5 Å². The second-order valence-corrected chi connectivity index (χ2v) is 4.06. The third-order valence-electron chi connectivity index (χ3n) is 2.56. The highest BCUT2D eigenvalue weighted by molar-refractivity contribution is 6.04. The zero-order valence-corrected chi connectivity index (χ0v) is 10.5. The molecule has 0 bridgehead atoms. The Bertz CT molecular complexity index is 648. The molecule has 1 aromatic heterocycles. The van der Waals surface area contributed by atoms with Gasteiger partial charge < -0.3 is 5.32 Å². The van der Waals surface area contributed by atoms with Gasteiger partial charge in [-0.3, -0.25) is 19.6 Å². The van der Waals surface area contributed by atoms with Gasteiger partial charge in [-0.25, -0.2) is 0 Å². The molecule has 7 nitrogen and oxygen atoms in total. The lowest BCUT2D eigenvalue weighted by molar-refractivity contribution is -0.384. The number of carbonyl (C=O) groups excluding carboxylic acids is 1. The first-order valence-electron chi connectivity index (χ1n) is 5.54. The van der Waals surface area contributed by atoms with Crippen molar-refractivity contribution in [3.8, 4) is 0 Å². The quantitative estimate of drug-likeness (QED) is 0.674. The summed E-state index contributed by atoms with van der Waals surface area (Å²) in [7, 11) is 1.70. The molecule has 1 amide bonds. The van der Waals surface area contributed by atoms with E-state index in [1.165, 1.54) is 28.9 Å². The van der Waals surface area contributed by atoms with Crippen molar-refractivity contribution in [1.82, 2.24) is 9.78 Å². The van der Waals surface area contributed by atoms with E-state index in [1.807, 2.05) is 6.92 Å². The molecule has 0 unspecified atom stereocenters. The number of hydrogen-bond donors (Lipinski definition) is 1.